The molecule has 2 atom stereocenters. The van der Waals surface area contributed by atoms with Crippen LogP contribution in [0.25, 0.3) is 0 Å². The van der Waals surface area contributed by atoms with Gasteiger partial charge in [0.15, 0.2) is 0 Å². The number of esters is 2. The van der Waals surface area contributed by atoms with E-state index in [9.17, 15) is 19.5 Å². The van der Waals surface area contributed by atoms with Gasteiger partial charge in [0.05, 0.1) is 0 Å². The minimum atomic E-state index is -1.07. The highest BCUT2D eigenvalue weighted by Gasteiger charge is 2.32. The van der Waals surface area contributed by atoms with E-state index >= 15 is 0 Å². The van der Waals surface area contributed by atoms with E-state index in [1.807, 2.05) is 0 Å². The third kappa shape index (κ3) is 42.4. The number of rotatable bonds is 47. The molecule has 0 aromatic carbocycles. The maximum Gasteiger partial charge on any atom is 0.313 e. The fourth-order valence-corrected chi connectivity index (χ4v) is 7.85. The van der Waals surface area contributed by atoms with Gasteiger partial charge in [-0.2, -0.15) is 0 Å². The molecule has 6 nitrogen and oxygen atoms in total. The summed E-state index contributed by atoms with van der Waals surface area (Å²) in [5, 5.41) is 10.2. The molecule has 0 rings (SSSR count). The molecular weight excluding hydrogens is 733 g/mol. The molecule has 1 N–H and O–H groups in total. The number of ether oxygens (including phenoxy) is 2. The van der Waals surface area contributed by atoms with Gasteiger partial charge >= 0.3 is 17.9 Å². The van der Waals surface area contributed by atoms with Gasteiger partial charge in [0.1, 0.15) is 18.6 Å². The molecule has 0 spiro atoms. The van der Waals surface area contributed by atoms with Crippen LogP contribution in [0.5, 0.6) is 0 Å². The highest BCUT2D eigenvalue weighted by molar-refractivity contribution is 5.74. The normalized spacial score (nSPS) is 12.7. The van der Waals surface area contributed by atoms with Crippen molar-refractivity contribution in [2.45, 2.75) is 284 Å². The first-order valence-corrected chi connectivity index (χ1v) is 25.8. The van der Waals surface area contributed by atoms with Crippen LogP contribution in [-0.4, -0.2) is 35.7 Å². The van der Waals surface area contributed by atoms with Gasteiger partial charge in [0, 0.05) is 12.8 Å². The molecule has 0 aliphatic carbocycles. The van der Waals surface area contributed by atoms with E-state index in [1.165, 1.54) is 154 Å². The molecule has 6 heteroatoms. The van der Waals surface area contributed by atoms with E-state index in [0.29, 0.717) is 19.3 Å². The number of hydrogen-bond donors (Lipinski definition) is 1. The summed E-state index contributed by atoms with van der Waals surface area (Å²) in [5.74, 6) is -2.81. The van der Waals surface area contributed by atoms with E-state index < -0.39 is 18.0 Å². The van der Waals surface area contributed by atoms with Crippen LogP contribution < -0.4 is 0 Å². The molecule has 0 fully saturated rings. The summed E-state index contributed by atoms with van der Waals surface area (Å²) < 4.78 is 11.4. The van der Waals surface area contributed by atoms with Gasteiger partial charge < -0.3 is 14.6 Å². The number of unbranched alkanes of at least 4 members (excludes halogenated alkanes) is 32. The average molecular weight is 831 g/mol. The van der Waals surface area contributed by atoms with Crippen molar-refractivity contribution < 1.29 is 29.0 Å². The Morgan fingerprint density at radius 2 is 0.712 bits per heavy atom. The standard InChI is InChI=1S/C53H98O6/c1-4-7-10-13-16-19-22-24-26-28-31-34-37-40-43-46-51(54)58-48-49(53(56)57)50(45-42-39-36-33-30-21-18-15-12-9-6-3)59-52(55)47-44-41-38-35-32-29-27-25-23-20-17-14-11-8-5-2/h24-27,49-50H,4-23,28-48H2,1-3H3,(H,56,57)/b26-24-,27-25-. The molecular formula is C53H98O6. The lowest BCUT2D eigenvalue weighted by atomic mass is 9.96. The number of carbonyl (C=O) groups is 3. The summed E-state index contributed by atoms with van der Waals surface area (Å²) in [5.41, 5.74) is 0. The first-order chi connectivity index (χ1) is 29.0. The van der Waals surface area contributed by atoms with Crippen LogP contribution >= 0.6 is 0 Å². The van der Waals surface area contributed by atoms with Crippen molar-refractivity contribution in [2.75, 3.05) is 6.61 Å². The lowest BCUT2D eigenvalue weighted by molar-refractivity contribution is -0.164. The van der Waals surface area contributed by atoms with Crippen molar-refractivity contribution in [2.24, 2.45) is 5.92 Å². The van der Waals surface area contributed by atoms with E-state index in [0.717, 1.165) is 83.5 Å². The molecule has 0 radical (unpaired) electrons. The molecule has 0 amide bonds. The predicted molar refractivity (Wildman–Crippen MR) is 252 cm³/mol. The molecule has 0 aliphatic rings. The highest BCUT2D eigenvalue weighted by Crippen LogP contribution is 2.21. The smallest absolute Gasteiger partial charge is 0.313 e. The van der Waals surface area contributed by atoms with Crippen LogP contribution in [0.1, 0.15) is 278 Å². The lowest BCUT2D eigenvalue weighted by Gasteiger charge is -2.24. The largest absolute Gasteiger partial charge is 0.481 e. The third-order valence-electron chi connectivity index (χ3n) is 11.9. The van der Waals surface area contributed by atoms with E-state index in [1.54, 1.807) is 0 Å². The first-order valence-electron chi connectivity index (χ1n) is 25.8. The molecule has 0 saturated carbocycles. The number of carbonyl (C=O) groups excluding carboxylic acids is 2. The summed E-state index contributed by atoms with van der Waals surface area (Å²) in [7, 11) is 0. The van der Waals surface area contributed by atoms with Gasteiger partial charge in [-0.1, -0.05) is 212 Å². The second-order valence-electron chi connectivity index (χ2n) is 17.6. The SMILES string of the molecule is CCCCCCCC/C=C\CCCCCCCC(=O)OCC(C(=O)O)C(CCCCCCCCCCCCC)OC(=O)CCCCCCC/C=C\CCCCCCCC. The summed E-state index contributed by atoms with van der Waals surface area (Å²) in [4.78, 5) is 38.1. The number of hydrogen-bond acceptors (Lipinski definition) is 5. The van der Waals surface area contributed by atoms with Gasteiger partial charge in [-0.25, -0.2) is 0 Å². The number of carboxylic acid groups (broad SMARTS) is 1. The van der Waals surface area contributed by atoms with E-state index in [2.05, 4.69) is 45.1 Å². The highest BCUT2D eigenvalue weighted by atomic mass is 16.6. The maximum absolute atomic E-state index is 13.0. The Morgan fingerprint density at radius 3 is 1.07 bits per heavy atom. The number of aliphatic carboxylic acids is 1. The second-order valence-corrected chi connectivity index (χ2v) is 17.6. The van der Waals surface area contributed by atoms with Crippen molar-refractivity contribution in [3.05, 3.63) is 24.3 Å². The summed E-state index contributed by atoms with van der Waals surface area (Å²) >= 11 is 0. The fraction of sp³-hybridized carbons (Fsp3) is 0.868. The van der Waals surface area contributed by atoms with Crippen LogP contribution in [0, 0.1) is 5.92 Å². The number of allylic oxidation sites excluding steroid dienone is 4. The maximum atomic E-state index is 13.0. The Hall–Kier alpha value is -2.11. The van der Waals surface area contributed by atoms with Gasteiger partial charge in [-0.05, 0) is 77.0 Å². The topological polar surface area (TPSA) is 89.9 Å². The Balaban J connectivity index is 4.56. The Kier molecular flexibility index (Phi) is 45.3. The zero-order valence-corrected chi connectivity index (χ0v) is 39.4. The average Bonchev–Trinajstić information content (AvgIpc) is 3.22. The van der Waals surface area contributed by atoms with E-state index in [-0.39, 0.29) is 18.5 Å². The Bertz CT molecular complexity index is 973. The van der Waals surface area contributed by atoms with Gasteiger partial charge in [-0.15, -0.1) is 0 Å². The van der Waals surface area contributed by atoms with Crippen LogP contribution in [0.2, 0.25) is 0 Å². The van der Waals surface area contributed by atoms with Gasteiger partial charge in [-0.3, -0.25) is 14.4 Å². The zero-order valence-electron chi connectivity index (χ0n) is 39.4. The molecule has 0 aromatic heterocycles. The van der Waals surface area contributed by atoms with Crippen molar-refractivity contribution in [3.63, 3.8) is 0 Å². The molecule has 0 aliphatic heterocycles. The van der Waals surface area contributed by atoms with Crippen molar-refractivity contribution in [1.82, 2.24) is 0 Å². The molecule has 0 heterocycles. The van der Waals surface area contributed by atoms with Crippen LogP contribution in [0.3, 0.4) is 0 Å². The molecule has 0 aromatic rings. The summed E-state index contributed by atoms with van der Waals surface area (Å²) in [6.45, 7) is 6.52. The molecule has 0 saturated heterocycles. The lowest BCUT2D eigenvalue weighted by Crippen LogP contribution is -2.36. The second kappa shape index (κ2) is 46.9. The molecule has 346 valence electrons. The third-order valence-corrected chi connectivity index (χ3v) is 11.9. The minimum absolute atomic E-state index is 0.247. The quantitative estimate of drug-likeness (QED) is 0.0373. The van der Waals surface area contributed by atoms with Crippen LogP contribution in [0.15, 0.2) is 24.3 Å². The molecule has 59 heavy (non-hydrogen) atoms. The van der Waals surface area contributed by atoms with Crippen LogP contribution in [0.4, 0.5) is 0 Å². The number of carboxylic acids is 1. The van der Waals surface area contributed by atoms with Crippen LogP contribution in [-0.2, 0) is 23.9 Å². The summed E-state index contributed by atoms with van der Waals surface area (Å²) in [6, 6.07) is 0. The first kappa shape index (κ1) is 56.9. The predicted octanol–water partition coefficient (Wildman–Crippen LogP) is 16.9. The zero-order chi connectivity index (χ0) is 43.1. The van der Waals surface area contributed by atoms with E-state index in [4.69, 9.17) is 9.47 Å². The van der Waals surface area contributed by atoms with Gasteiger partial charge in [0.25, 0.3) is 0 Å². The van der Waals surface area contributed by atoms with Gasteiger partial charge in [0.2, 0.25) is 0 Å². The van der Waals surface area contributed by atoms with Crippen molar-refractivity contribution in [1.29, 1.82) is 0 Å². The Labute approximate surface area is 366 Å². The fourth-order valence-electron chi connectivity index (χ4n) is 7.85. The van der Waals surface area contributed by atoms with Crippen molar-refractivity contribution in [3.8, 4) is 0 Å². The monoisotopic (exact) mass is 831 g/mol. The molecule has 2 unspecified atom stereocenters. The minimum Gasteiger partial charge on any atom is -0.481 e. The van der Waals surface area contributed by atoms with Crippen molar-refractivity contribution >= 4 is 17.9 Å². The summed E-state index contributed by atoms with van der Waals surface area (Å²) in [6.07, 6.45) is 53.8. The molecule has 0 bridgehead atoms. The Morgan fingerprint density at radius 1 is 0.407 bits per heavy atom.